The number of hydrogen-bond donors (Lipinski definition) is 2. The molecule has 0 spiro atoms. The van der Waals surface area contributed by atoms with Gasteiger partial charge in [0, 0.05) is 17.8 Å². The van der Waals surface area contributed by atoms with Gasteiger partial charge in [0.05, 0.1) is 39.5 Å². The molecule has 1 aromatic heterocycles. The van der Waals surface area contributed by atoms with Gasteiger partial charge in [0.15, 0.2) is 0 Å². The van der Waals surface area contributed by atoms with Crippen molar-refractivity contribution in [1.82, 2.24) is 14.7 Å². The molecule has 3 amide bonds. The first-order valence-corrected chi connectivity index (χ1v) is 10.7. The lowest BCUT2D eigenvalue weighted by Gasteiger charge is -2.31. The Morgan fingerprint density at radius 2 is 2.00 bits per heavy atom. The Bertz CT molecular complexity index is 1350. The Kier molecular flexibility index (Phi) is 6.41. The lowest BCUT2D eigenvalue weighted by Crippen LogP contribution is -2.45. The van der Waals surface area contributed by atoms with Crippen molar-refractivity contribution in [2.45, 2.75) is 12.6 Å². The van der Waals surface area contributed by atoms with Crippen molar-refractivity contribution in [3.8, 4) is 17.3 Å². The van der Waals surface area contributed by atoms with Gasteiger partial charge in [0.2, 0.25) is 0 Å². The summed E-state index contributed by atoms with van der Waals surface area (Å²) in [6.07, 6.45) is 0. The van der Waals surface area contributed by atoms with Crippen LogP contribution in [-0.2, 0) is 6.54 Å². The van der Waals surface area contributed by atoms with Crippen molar-refractivity contribution in [3.63, 3.8) is 0 Å². The summed E-state index contributed by atoms with van der Waals surface area (Å²) in [5.74, 6) is -1.30. The zero-order chi connectivity index (χ0) is 24.6. The highest BCUT2D eigenvalue weighted by atomic mass is 35.5. The van der Waals surface area contributed by atoms with Crippen LogP contribution in [0, 0.1) is 17.1 Å². The second-order valence-corrected chi connectivity index (χ2v) is 8.35. The molecule has 2 aromatic carbocycles. The molecule has 2 heterocycles. The normalized spacial score (nSPS) is 14.9. The van der Waals surface area contributed by atoms with Crippen LogP contribution in [0.25, 0.3) is 11.3 Å². The smallest absolute Gasteiger partial charge is 0.315 e. The highest BCUT2D eigenvalue weighted by Gasteiger charge is 2.35. The van der Waals surface area contributed by atoms with Gasteiger partial charge in [-0.25, -0.2) is 13.6 Å². The molecule has 8 nitrogen and oxygen atoms in total. The highest BCUT2D eigenvalue weighted by Crippen LogP contribution is 2.34. The molecule has 4 rings (SSSR count). The monoisotopic (exact) mass is 504 g/mol. The third-order valence-electron chi connectivity index (χ3n) is 5.38. The number of benzene rings is 2. The summed E-state index contributed by atoms with van der Waals surface area (Å²) in [6, 6.07) is 8.43. The number of halogens is 4. The maximum absolute atomic E-state index is 13.9. The van der Waals surface area contributed by atoms with E-state index >= 15 is 0 Å². The SMILES string of the molecule is N#Cc1ccc(NC(=O)c2c(-c3ccc(F)c(Cl)c3)nn3c2CN(C(N)=O)CC3CF)cc1Cl. The Morgan fingerprint density at radius 1 is 1.24 bits per heavy atom. The second-order valence-electron chi connectivity index (χ2n) is 7.53. The number of aromatic nitrogens is 2. The number of carbonyl (C=O) groups is 2. The van der Waals surface area contributed by atoms with E-state index < -0.39 is 30.5 Å². The fraction of sp³-hybridized carbons (Fsp3) is 0.182. The number of amides is 3. The molecular weight excluding hydrogens is 489 g/mol. The Labute approximate surface area is 202 Å². The van der Waals surface area contributed by atoms with Crippen molar-refractivity contribution >= 4 is 40.8 Å². The fourth-order valence-corrected chi connectivity index (χ4v) is 4.15. The van der Waals surface area contributed by atoms with E-state index in [-0.39, 0.29) is 45.6 Å². The van der Waals surface area contributed by atoms with Crippen molar-refractivity contribution in [3.05, 3.63) is 69.1 Å². The average molecular weight is 505 g/mol. The summed E-state index contributed by atoms with van der Waals surface area (Å²) in [6.45, 7) is -0.991. The predicted molar refractivity (Wildman–Crippen MR) is 122 cm³/mol. The molecule has 34 heavy (non-hydrogen) atoms. The van der Waals surface area contributed by atoms with E-state index in [1.54, 1.807) is 0 Å². The summed E-state index contributed by atoms with van der Waals surface area (Å²) in [5, 5.41) is 16.1. The number of nitrogens with two attached hydrogens (primary N) is 1. The second kappa shape index (κ2) is 9.29. The Hall–Kier alpha value is -3.68. The largest absolute Gasteiger partial charge is 0.351 e. The minimum absolute atomic E-state index is 0.0313. The number of alkyl halides is 1. The molecule has 0 fully saturated rings. The van der Waals surface area contributed by atoms with Crippen LogP contribution in [0.1, 0.15) is 27.7 Å². The zero-order valence-corrected chi connectivity index (χ0v) is 18.9. The number of fused-ring (bicyclic) bond motifs is 1. The van der Waals surface area contributed by atoms with Gasteiger partial charge in [-0.15, -0.1) is 0 Å². The summed E-state index contributed by atoms with van der Waals surface area (Å²) in [5.41, 5.74) is 6.67. The highest BCUT2D eigenvalue weighted by molar-refractivity contribution is 6.32. The first-order valence-electron chi connectivity index (χ1n) is 9.91. The first kappa shape index (κ1) is 23.5. The summed E-state index contributed by atoms with van der Waals surface area (Å²) in [4.78, 5) is 26.5. The number of anilines is 1. The van der Waals surface area contributed by atoms with Gasteiger partial charge >= 0.3 is 6.03 Å². The summed E-state index contributed by atoms with van der Waals surface area (Å²) < 4.78 is 29.0. The molecule has 0 radical (unpaired) electrons. The van der Waals surface area contributed by atoms with Crippen LogP contribution >= 0.6 is 23.2 Å². The molecule has 3 N–H and O–H groups in total. The molecule has 1 unspecified atom stereocenters. The maximum Gasteiger partial charge on any atom is 0.315 e. The summed E-state index contributed by atoms with van der Waals surface area (Å²) >= 11 is 12.0. The van der Waals surface area contributed by atoms with E-state index in [0.29, 0.717) is 11.3 Å². The minimum atomic E-state index is -0.878. The van der Waals surface area contributed by atoms with Gasteiger partial charge in [-0.3, -0.25) is 9.48 Å². The van der Waals surface area contributed by atoms with Crippen LogP contribution in [0.5, 0.6) is 0 Å². The quantitative estimate of drug-likeness (QED) is 0.542. The van der Waals surface area contributed by atoms with Crippen LogP contribution < -0.4 is 11.1 Å². The third-order valence-corrected chi connectivity index (χ3v) is 5.99. The number of primary amides is 1. The Morgan fingerprint density at radius 3 is 2.62 bits per heavy atom. The van der Waals surface area contributed by atoms with E-state index in [1.807, 2.05) is 6.07 Å². The lowest BCUT2D eigenvalue weighted by molar-refractivity contribution is 0.102. The van der Waals surface area contributed by atoms with Crippen LogP contribution in [0.3, 0.4) is 0 Å². The van der Waals surface area contributed by atoms with E-state index in [0.717, 1.165) is 6.07 Å². The number of nitriles is 1. The maximum atomic E-state index is 13.9. The van der Waals surface area contributed by atoms with Crippen molar-refractivity contribution in [1.29, 1.82) is 5.26 Å². The standard InChI is InChI=1S/C22H16Cl2F2N6O2/c23-15-6-13(3-1-12(15)8-27)29-21(33)19-18-10-31(22(28)34)9-14(7-25)32(18)30-20(19)11-2-4-17(26)16(24)5-11/h1-6,14H,7,9-10H2,(H2,28,34)(H,29,33). The van der Waals surface area contributed by atoms with Gasteiger partial charge < -0.3 is 16.0 Å². The topological polar surface area (TPSA) is 117 Å². The van der Waals surface area contributed by atoms with Gasteiger partial charge in [-0.05, 0) is 36.4 Å². The zero-order valence-electron chi connectivity index (χ0n) is 17.4. The van der Waals surface area contributed by atoms with Gasteiger partial charge in [0.1, 0.15) is 24.3 Å². The Balaban J connectivity index is 1.85. The van der Waals surface area contributed by atoms with E-state index in [1.165, 1.54) is 39.9 Å². The molecule has 174 valence electrons. The lowest BCUT2D eigenvalue weighted by atomic mass is 10.0. The van der Waals surface area contributed by atoms with Crippen LogP contribution in [0.15, 0.2) is 36.4 Å². The van der Waals surface area contributed by atoms with E-state index in [4.69, 9.17) is 34.2 Å². The fourth-order valence-electron chi connectivity index (χ4n) is 3.74. The number of urea groups is 1. The molecule has 1 aliphatic rings. The van der Waals surface area contributed by atoms with Gasteiger partial charge in [0.25, 0.3) is 5.91 Å². The number of hydrogen-bond acceptors (Lipinski definition) is 4. The summed E-state index contributed by atoms with van der Waals surface area (Å²) in [7, 11) is 0. The van der Waals surface area contributed by atoms with E-state index in [2.05, 4.69) is 10.4 Å². The molecule has 0 aliphatic carbocycles. The van der Waals surface area contributed by atoms with Crippen molar-refractivity contribution in [2.75, 3.05) is 18.5 Å². The molecule has 0 saturated carbocycles. The van der Waals surface area contributed by atoms with Crippen LogP contribution in [0.2, 0.25) is 10.0 Å². The number of nitrogens with zero attached hydrogens (tertiary/aromatic N) is 4. The molecule has 0 bridgehead atoms. The molecular formula is C22H16Cl2F2N6O2. The van der Waals surface area contributed by atoms with Crippen molar-refractivity contribution < 1.29 is 18.4 Å². The first-order chi connectivity index (χ1) is 16.2. The molecule has 12 heteroatoms. The van der Waals surface area contributed by atoms with Gasteiger partial charge in [-0.2, -0.15) is 10.4 Å². The minimum Gasteiger partial charge on any atom is -0.351 e. The predicted octanol–water partition coefficient (Wildman–Crippen LogP) is 4.52. The van der Waals surface area contributed by atoms with Crippen LogP contribution in [-0.4, -0.2) is 39.8 Å². The molecule has 3 aromatic rings. The number of rotatable bonds is 4. The van der Waals surface area contributed by atoms with Crippen LogP contribution in [0.4, 0.5) is 19.3 Å². The molecule has 0 saturated heterocycles. The van der Waals surface area contributed by atoms with Crippen molar-refractivity contribution in [2.24, 2.45) is 5.73 Å². The average Bonchev–Trinajstić information content (AvgIpc) is 3.20. The van der Waals surface area contributed by atoms with Gasteiger partial charge in [-0.1, -0.05) is 23.2 Å². The molecule has 1 atom stereocenters. The molecule has 1 aliphatic heterocycles. The third kappa shape index (κ3) is 4.27. The van der Waals surface area contributed by atoms with E-state index in [9.17, 15) is 18.4 Å². The number of nitrogens with one attached hydrogen (secondary N) is 1. The number of carbonyl (C=O) groups excluding carboxylic acids is 2.